The monoisotopic (exact) mass is 269 g/mol. The Labute approximate surface area is 118 Å². The summed E-state index contributed by atoms with van der Waals surface area (Å²) in [4.78, 5) is 11.4. The van der Waals surface area contributed by atoms with Gasteiger partial charge in [-0.15, -0.1) is 0 Å². The first kappa shape index (κ1) is 16.5. The molecule has 0 spiro atoms. The van der Waals surface area contributed by atoms with Gasteiger partial charge in [0.25, 0.3) is 0 Å². The Kier molecular flexibility index (Phi) is 8.11. The Hall–Kier alpha value is -0.570. The summed E-state index contributed by atoms with van der Waals surface area (Å²) in [6, 6.07) is 0. The molecule has 0 saturated heterocycles. The van der Waals surface area contributed by atoms with E-state index in [0.717, 1.165) is 25.7 Å². The van der Waals surface area contributed by atoms with E-state index in [1.54, 1.807) is 0 Å². The molecule has 19 heavy (non-hydrogen) atoms. The van der Waals surface area contributed by atoms with Crippen LogP contribution in [0.5, 0.6) is 0 Å². The van der Waals surface area contributed by atoms with Crippen molar-refractivity contribution in [3.63, 3.8) is 0 Å². The van der Waals surface area contributed by atoms with Crippen LogP contribution in [0, 0.1) is 0 Å². The van der Waals surface area contributed by atoms with Gasteiger partial charge < -0.3 is 10.8 Å². The highest BCUT2D eigenvalue weighted by molar-refractivity contribution is 5.83. The van der Waals surface area contributed by atoms with Gasteiger partial charge in [-0.05, 0) is 12.8 Å². The van der Waals surface area contributed by atoms with E-state index in [4.69, 9.17) is 5.73 Å². The SMILES string of the molecule is NC(=O)C1(O)CCCCCCCCCCCCCC1. The lowest BCUT2D eigenvalue weighted by Crippen LogP contribution is -2.43. The molecular formula is C16H31NO2. The molecule has 0 aromatic rings. The number of amides is 1. The van der Waals surface area contributed by atoms with Gasteiger partial charge in [0.2, 0.25) is 5.91 Å². The van der Waals surface area contributed by atoms with Crippen LogP contribution in [0.1, 0.15) is 89.9 Å². The average molecular weight is 269 g/mol. The first-order valence-electron chi connectivity index (χ1n) is 8.17. The number of hydrogen-bond donors (Lipinski definition) is 2. The molecule has 3 heteroatoms. The Balaban J connectivity index is 2.40. The smallest absolute Gasteiger partial charge is 0.249 e. The van der Waals surface area contributed by atoms with E-state index in [0.29, 0.717) is 12.8 Å². The normalized spacial score (nSPS) is 24.1. The van der Waals surface area contributed by atoms with Crippen LogP contribution >= 0.6 is 0 Å². The highest BCUT2D eigenvalue weighted by Gasteiger charge is 2.32. The van der Waals surface area contributed by atoms with E-state index in [-0.39, 0.29) is 0 Å². The van der Waals surface area contributed by atoms with Gasteiger partial charge in [0, 0.05) is 0 Å². The van der Waals surface area contributed by atoms with Gasteiger partial charge in [-0.1, -0.05) is 77.0 Å². The summed E-state index contributed by atoms with van der Waals surface area (Å²) < 4.78 is 0. The van der Waals surface area contributed by atoms with E-state index < -0.39 is 11.5 Å². The van der Waals surface area contributed by atoms with Gasteiger partial charge in [-0.25, -0.2) is 0 Å². The number of carbonyl (C=O) groups is 1. The van der Waals surface area contributed by atoms with Crippen molar-refractivity contribution in [2.75, 3.05) is 0 Å². The van der Waals surface area contributed by atoms with Crippen molar-refractivity contribution in [1.82, 2.24) is 0 Å². The number of hydrogen-bond acceptors (Lipinski definition) is 2. The summed E-state index contributed by atoms with van der Waals surface area (Å²) in [5.41, 5.74) is 4.12. The second kappa shape index (κ2) is 9.35. The Morgan fingerprint density at radius 3 is 1.21 bits per heavy atom. The van der Waals surface area contributed by atoms with Crippen LogP contribution in [0.4, 0.5) is 0 Å². The molecular weight excluding hydrogens is 238 g/mol. The minimum absolute atomic E-state index is 0.531. The molecule has 112 valence electrons. The molecule has 0 aliphatic heterocycles. The third-order valence-corrected chi connectivity index (χ3v) is 4.39. The van der Waals surface area contributed by atoms with E-state index >= 15 is 0 Å². The standard InChI is InChI=1S/C16H31NO2/c17-15(18)16(19)13-11-9-7-5-3-1-2-4-6-8-10-12-14-16/h19H,1-14H2,(H2,17,18). The van der Waals surface area contributed by atoms with Crippen LogP contribution in [0.15, 0.2) is 0 Å². The molecule has 1 fully saturated rings. The molecule has 1 amide bonds. The first-order chi connectivity index (χ1) is 9.15. The number of carbonyl (C=O) groups excluding carboxylic acids is 1. The Morgan fingerprint density at radius 1 is 0.684 bits per heavy atom. The third kappa shape index (κ3) is 6.95. The fraction of sp³-hybridized carbons (Fsp3) is 0.938. The van der Waals surface area contributed by atoms with Crippen molar-refractivity contribution >= 4 is 5.91 Å². The minimum Gasteiger partial charge on any atom is -0.380 e. The van der Waals surface area contributed by atoms with Gasteiger partial charge in [0.15, 0.2) is 0 Å². The zero-order valence-corrected chi connectivity index (χ0v) is 12.3. The summed E-state index contributed by atoms with van der Waals surface area (Å²) in [6.07, 6.45) is 15.5. The van der Waals surface area contributed by atoms with Crippen molar-refractivity contribution < 1.29 is 9.90 Å². The predicted octanol–water partition coefficient (Wildman–Crippen LogP) is 3.68. The van der Waals surface area contributed by atoms with Gasteiger partial charge in [-0.2, -0.15) is 0 Å². The number of aliphatic hydroxyl groups is 1. The van der Waals surface area contributed by atoms with Crippen molar-refractivity contribution in [3.05, 3.63) is 0 Å². The molecule has 0 heterocycles. The molecule has 1 aliphatic rings. The molecule has 1 saturated carbocycles. The zero-order chi connectivity index (χ0) is 14.0. The molecule has 0 bridgehead atoms. The fourth-order valence-corrected chi connectivity index (χ4v) is 2.97. The van der Waals surface area contributed by atoms with Crippen LogP contribution in [0.2, 0.25) is 0 Å². The molecule has 0 aromatic carbocycles. The quantitative estimate of drug-likeness (QED) is 0.762. The molecule has 1 rings (SSSR count). The highest BCUT2D eigenvalue weighted by Crippen LogP contribution is 2.24. The highest BCUT2D eigenvalue weighted by atomic mass is 16.3. The van der Waals surface area contributed by atoms with Crippen LogP contribution < -0.4 is 5.73 Å². The summed E-state index contributed by atoms with van der Waals surface area (Å²) in [6.45, 7) is 0. The fourth-order valence-electron chi connectivity index (χ4n) is 2.97. The van der Waals surface area contributed by atoms with Crippen molar-refractivity contribution in [3.8, 4) is 0 Å². The number of nitrogens with two attached hydrogens (primary N) is 1. The molecule has 3 nitrogen and oxygen atoms in total. The summed E-state index contributed by atoms with van der Waals surface area (Å²) >= 11 is 0. The summed E-state index contributed by atoms with van der Waals surface area (Å²) in [5, 5.41) is 10.3. The first-order valence-corrected chi connectivity index (χ1v) is 8.17. The van der Waals surface area contributed by atoms with Gasteiger partial charge in [0.05, 0.1) is 0 Å². The second-order valence-electron chi connectivity index (χ2n) is 6.14. The molecule has 1 aliphatic carbocycles. The van der Waals surface area contributed by atoms with Crippen molar-refractivity contribution in [1.29, 1.82) is 0 Å². The lowest BCUT2D eigenvalue weighted by molar-refractivity contribution is -0.138. The predicted molar refractivity (Wildman–Crippen MR) is 78.8 cm³/mol. The lowest BCUT2D eigenvalue weighted by Gasteiger charge is -2.24. The summed E-state index contributed by atoms with van der Waals surface area (Å²) in [7, 11) is 0. The maximum atomic E-state index is 11.4. The zero-order valence-electron chi connectivity index (χ0n) is 12.3. The molecule has 0 radical (unpaired) electrons. The van der Waals surface area contributed by atoms with E-state index in [9.17, 15) is 9.90 Å². The van der Waals surface area contributed by atoms with Gasteiger partial charge in [0.1, 0.15) is 5.60 Å². The van der Waals surface area contributed by atoms with E-state index in [2.05, 4.69) is 0 Å². The maximum absolute atomic E-state index is 11.4. The minimum atomic E-state index is -1.25. The Morgan fingerprint density at radius 2 is 0.947 bits per heavy atom. The lowest BCUT2D eigenvalue weighted by atomic mass is 9.89. The average Bonchev–Trinajstić information content (AvgIpc) is 2.39. The number of primary amides is 1. The molecule has 0 aromatic heterocycles. The van der Waals surface area contributed by atoms with Gasteiger partial charge >= 0.3 is 0 Å². The Bertz CT molecular complexity index is 237. The summed E-state index contributed by atoms with van der Waals surface area (Å²) in [5.74, 6) is -0.531. The largest absolute Gasteiger partial charge is 0.380 e. The van der Waals surface area contributed by atoms with Crippen molar-refractivity contribution in [2.45, 2.75) is 95.5 Å². The van der Waals surface area contributed by atoms with Gasteiger partial charge in [-0.3, -0.25) is 4.79 Å². The van der Waals surface area contributed by atoms with Crippen LogP contribution in [-0.4, -0.2) is 16.6 Å². The van der Waals surface area contributed by atoms with Crippen LogP contribution in [0.25, 0.3) is 0 Å². The second-order valence-corrected chi connectivity index (χ2v) is 6.14. The van der Waals surface area contributed by atoms with Crippen molar-refractivity contribution in [2.24, 2.45) is 5.73 Å². The maximum Gasteiger partial charge on any atom is 0.249 e. The van der Waals surface area contributed by atoms with Crippen LogP contribution in [-0.2, 0) is 4.79 Å². The molecule has 3 N–H and O–H groups in total. The molecule has 0 atom stereocenters. The van der Waals surface area contributed by atoms with E-state index in [1.807, 2.05) is 0 Å². The van der Waals surface area contributed by atoms with E-state index in [1.165, 1.54) is 51.4 Å². The third-order valence-electron chi connectivity index (χ3n) is 4.39. The number of rotatable bonds is 1. The topological polar surface area (TPSA) is 63.3 Å². The van der Waals surface area contributed by atoms with Crippen LogP contribution in [0.3, 0.4) is 0 Å². The molecule has 0 unspecified atom stereocenters.